The highest BCUT2D eigenvalue weighted by atomic mass is 16.3. The quantitative estimate of drug-likeness (QED) is 0.753. The van der Waals surface area contributed by atoms with Gasteiger partial charge in [0.2, 0.25) is 0 Å². The topological polar surface area (TPSA) is 63.0 Å². The van der Waals surface area contributed by atoms with E-state index in [1.54, 1.807) is 6.33 Å². The first-order valence-electron chi connectivity index (χ1n) is 5.54. The second kappa shape index (κ2) is 4.72. The van der Waals surface area contributed by atoms with Crippen LogP contribution in [0.4, 0.5) is 0 Å². The van der Waals surface area contributed by atoms with Crippen molar-refractivity contribution in [2.75, 3.05) is 19.7 Å². The lowest BCUT2D eigenvalue weighted by Crippen LogP contribution is -2.28. The van der Waals surface area contributed by atoms with Crippen LogP contribution in [0.15, 0.2) is 6.33 Å². The lowest BCUT2D eigenvalue weighted by molar-refractivity contribution is 0.233. The summed E-state index contributed by atoms with van der Waals surface area (Å²) in [5.41, 5.74) is 0. The van der Waals surface area contributed by atoms with Crippen LogP contribution < -0.4 is 5.32 Å². The third-order valence-electron chi connectivity index (χ3n) is 3.04. The zero-order chi connectivity index (χ0) is 10.7. The van der Waals surface area contributed by atoms with Gasteiger partial charge in [0.05, 0.1) is 12.6 Å². The SMILES string of the molecule is CC(CO)n1cnnc1C1CCNCC1. The molecule has 0 bridgehead atoms. The molecular formula is C10H18N4O. The first kappa shape index (κ1) is 10.6. The Morgan fingerprint density at radius 3 is 3.00 bits per heavy atom. The average molecular weight is 210 g/mol. The van der Waals surface area contributed by atoms with E-state index in [1.165, 1.54) is 0 Å². The fourth-order valence-electron chi connectivity index (χ4n) is 2.05. The molecule has 0 radical (unpaired) electrons. The van der Waals surface area contributed by atoms with Gasteiger partial charge in [-0.1, -0.05) is 0 Å². The summed E-state index contributed by atoms with van der Waals surface area (Å²) in [4.78, 5) is 0. The van der Waals surface area contributed by atoms with Crippen molar-refractivity contribution in [2.45, 2.75) is 31.7 Å². The molecule has 1 unspecified atom stereocenters. The minimum Gasteiger partial charge on any atom is -0.394 e. The molecule has 0 saturated carbocycles. The first-order valence-corrected chi connectivity index (χ1v) is 5.54. The normalized spacial score (nSPS) is 20.4. The van der Waals surface area contributed by atoms with E-state index >= 15 is 0 Å². The van der Waals surface area contributed by atoms with Gasteiger partial charge in [0, 0.05) is 5.92 Å². The molecule has 2 heterocycles. The smallest absolute Gasteiger partial charge is 0.136 e. The van der Waals surface area contributed by atoms with Gasteiger partial charge < -0.3 is 15.0 Å². The molecule has 0 aromatic carbocycles. The van der Waals surface area contributed by atoms with E-state index in [0.717, 1.165) is 31.8 Å². The number of aliphatic hydroxyl groups excluding tert-OH is 1. The molecule has 0 amide bonds. The molecular weight excluding hydrogens is 192 g/mol. The monoisotopic (exact) mass is 210 g/mol. The third kappa shape index (κ3) is 2.18. The second-order valence-electron chi connectivity index (χ2n) is 4.15. The molecule has 1 aromatic heterocycles. The molecule has 1 aliphatic rings. The van der Waals surface area contributed by atoms with E-state index in [9.17, 15) is 0 Å². The van der Waals surface area contributed by atoms with Crippen LogP contribution in [-0.4, -0.2) is 39.6 Å². The predicted molar refractivity (Wildman–Crippen MR) is 56.7 cm³/mol. The molecule has 84 valence electrons. The molecule has 15 heavy (non-hydrogen) atoms. The van der Waals surface area contributed by atoms with Crippen molar-refractivity contribution < 1.29 is 5.11 Å². The zero-order valence-corrected chi connectivity index (χ0v) is 9.06. The molecule has 0 aliphatic carbocycles. The van der Waals surface area contributed by atoms with Crippen LogP contribution in [0, 0.1) is 0 Å². The van der Waals surface area contributed by atoms with Crippen LogP contribution >= 0.6 is 0 Å². The third-order valence-corrected chi connectivity index (χ3v) is 3.04. The predicted octanol–water partition coefficient (Wildman–Crippen LogP) is 0.298. The Kier molecular flexibility index (Phi) is 3.33. The van der Waals surface area contributed by atoms with Crippen molar-refractivity contribution in [1.82, 2.24) is 20.1 Å². The molecule has 5 nitrogen and oxygen atoms in total. The molecule has 1 aliphatic heterocycles. The Morgan fingerprint density at radius 1 is 1.60 bits per heavy atom. The first-order chi connectivity index (χ1) is 7.33. The highest BCUT2D eigenvalue weighted by Crippen LogP contribution is 2.24. The van der Waals surface area contributed by atoms with Crippen molar-refractivity contribution >= 4 is 0 Å². The molecule has 1 saturated heterocycles. The highest BCUT2D eigenvalue weighted by Gasteiger charge is 2.21. The summed E-state index contributed by atoms with van der Waals surface area (Å²) < 4.78 is 2.00. The zero-order valence-electron chi connectivity index (χ0n) is 9.06. The largest absolute Gasteiger partial charge is 0.394 e. The van der Waals surface area contributed by atoms with E-state index in [1.807, 2.05) is 11.5 Å². The van der Waals surface area contributed by atoms with Gasteiger partial charge >= 0.3 is 0 Å². The Balaban J connectivity index is 2.15. The number of rotatable bonds is 3. The Labute approximate surface area is 89.5 Å². The molecule has 2 rings (SSSR count). The van der Waals surface area contributed by atoms with Crippen molar-refractivity contribution in [1.29, 1.82) is 0 Å². The lowest BCUT2D eigenvalue weighted by Gasteiger charge is -2.23. The maximum absolute atomic E-state index is 9.14. The standard InChI is InChI=1S/C10H18N4O/c1-8(6-15)14-7-12-13-10(14)9-2-4-11-5-3-9/h7-9,11,15H,2-6H2,1H3. The average Bonchev–Trinajstić information content (AvgIpc) is 2.78. The number of aromatic nitrogens is 3. The summed E-state index contributed by atoms with van der Waals surface area (Å²) in [7, 11) is 0. The summed E-state index contributed by atoms with van der Waals surface area (Å²) in [5.74, 6) is 1.51. The summed E-state index contributed by atoms with van der Waals surface area (Å²) in [6, 6.07) is 0.0740. The van der Waals surface area contributed by atoms with Crippen LogP contribution in [0.2, 0.25) is 0 Å². The minimum atomic E-state index is 0.0740. The molecule has 1 fully saturated rings. The van der Waals surface area contributed by atoms with Gasteiger partial charge in [-0.15, -0.1) is 10.2 Å². The van der Waals surface area contributed by atoms with Crippen molar-refractivity contribution in [3.05, 3.63) is 12.2 Å². The van der Waals surface area contributed by atoms with Gasteiger partial charge in [-0.25, -0.2) is 0 Å². The van der Waals surface area contributed by atoms with Crippen molar-refractivity contribution in [2.24, 2.45) is 0 Å². The van der Waals surface area contributed by atoms with Crippen LogP contribution in [0.3, 0.4) is 0 Å². The van der Waals surface area contributed by atoms with Gasteiger partial charge in [0.25, 0.3) is 0 Å². The fourth-order valence-corrected chi connectivity index (χ4v) is 2.05. The van der Waals surface area contributed by atoms with E-state index in [4.69, 9.17) is 5.11 Å². The molecule has 0 spiro atoms. The number of nitrogens with one attached hydrogen (secondary N) is 1. The van der Waals surface area contributed by atoms with Gasteiger partial charge in [-0.3, -0.25) is 0 Å². The fraction of sp³-hybridized carbons (Fsp3) is 0.800. The Bertz CT molecular complexity index is 306. The van der Waals surface area contributed by atoms with Crippen LogP contribution in [0.25, 0.3) is 0 Å². The van der Waals surface area contributed by atoms with Gasteiger partial charge in [-0.05, 0) is 32.9 Å². The maximum Gasteiger partial charge on any atom is 0.136 e. The minimum absolute atomic E-state index is 0.0740. The number of aliphatic hydroxyl groups is 1. The van der Waals surface area contributed by atoms with Gasteiger partial charge in [-0.2, -0.15) is 0 Å². The van der Waals surface area contributed by atoms with Crippen LogP contribution in [0.1, 0.15) is 37.5 Å². The number of piperidine rings is 1. The summed E-state index contributed by atoms with van der Waals surface area (Å²) >= 11 is 0. The van der Waals surface area contributed by atoms with Gasteiger partial charge in [0.15, 0.2) is 0 Å². The number of nitrogens with zero attached hydrogens (tertiary/aromatic N) is 3. The van der Waals surface area contributed by atoms with Crippen LogP contribution in [0.5, 0.6) is 0 Å². The molecule has 1 atom stereocenters. The molecule has 5 heteroatoms. The van der Waals surface area contributed by atoms with Crippen molar-refractivity contribution in [3.8, 4) is 0 Å². The molecule has 2 N–H and O–H groups in total. The Morgan fingerprint density at radius 2 is 2.33 bits per heavy atom. The summed E-state index contributed by atoms with van der Waals surface area (Å²) in [6.07, 6.45) is 3.94. The highest BCUT2D eigenvalue weighted by molar-refractivity contribution is 5.00. The number of hydrogen-bond donors (Lipinski definition) is 2. The second-order valence-corrected chi connectivity index (χ2v) is 4.15. The maximum atomic E-state index is 9.14. The lowest BCUT2D eigenvalue weighted by atomic mass is 9.97. The van der Waals surface area contributed by atoms with E-state index in [0.29, 0.717) is 5.92 Å². The molecule has 1 aromatic rings. The van der Waals surface area contributed by atoms with Crippen LogP contribution in [-0.2, 0) is 0 Å². The number of hydrogen-bond acceptors (Lipinski definition) is 4. The van der Waals surface area contributed by atoms with Gasteiger partial charge in [0.1, 0.15) is 12.2 Å². The van der Waals surface area contributed by atoms with E-state index in [-0.39, 0.29) is 12.6 Å². The summed E-state index contributed by atoms with van der Waals surface area (Å²) in [6.45, 7) is 4.21. The van der Waals surface area contributed by atoms with E-state index < -0.39 is 0 Å². The van der Waals surface area contributed by atoms with E-state index in [2.05, 4.69) is 15.5 Å². The summed E-state index contributed by atoms with van der Waals surface area (Å²) in [5, 5.41) is 20.6. The Hall–Kier alpha value is -0.940. The van der Waals surface area contributed by atoms with Crippen molar-refractivity contribution in [3.63, 3.8) is 0 Å².